The minimum atomic E-state index is -3.23. The molecule has 0 radical (unpaired) electrons. The minimum Gasteiger partial charge on any atom is -0.480 e. The van der Waals surface area contributed by atoms with Crippen molar-refractivity contribution in [3.8, 4) is 0 Å². The molecule has 112 valence electrons. The quantitative estimate of drug-likeness (QED) is 0.572. The van der Waals surface area contributed by atoms with Gasteiger partial charge in [-0.2, -0.15) is 0 Å². The maximum atomic E-state index is 11.6. The van der Waals surface area contributed by atoms with Gasteiger partial charge in [-0.25, -0.2) is 13.2 Å². The van der Waals surface area contributed by atoms with Crippen LogP contribution in [0.5, 0.6) is 0 Å². The fraction of sp³-hybridized carbons (Fsp3) is 0.800. The van der Waals surface area contributed by atoms with E-state index in [4.69, 9.17) is 5.11 Å². The summed E-state index contributed by atoms with van der Waals surface area (Å²) >= 11 is 0. The molecule has 0 aliphatic rings. The Bertz CT molecular complexity index is 445. The van der Waals surface area contributed by atoms with Gasteiger partial charge in [-0.15, -0.1) is 0 Å². The summed E-state index contributed by atoms with van der Waals surface area (Å²) in [5, 5.41) is 11.0. The molecule has 0 fully saturated rings. The highest BCUT2D eigenvalue weighted by atomic mass is 32.2. The number of hydrogen-bond donors (Lipinski definition) is 2. The van der Waals surface area contributed by atoms with E-state index in [1.807, 2.05) is 0 Å². The molecule has 7 nitrogen and oxygen atoms in total. The first-order valence-electron chi connectivity index (χ1n) is 5.73. The van der Waals surface area contributed by atoms with Crippen LogP contribution in [0.3, 0.4) is 0 Å². The van der Waals surface area contributed by atoms with Crippen LogP contribution in [0.15, 0.2) is 0 Å². The van der Waals surface area contributed by atoms with Crippen LogP contribution in [-0.4, -0.2) is 58.7 Å². The summed E-state index contributed by atoms with van der Waals surface area (Å²) in [6, 6.07) is -1.26. The highest BCUT2D eigenvalue weighted by molar-refractivity contribution is 7.93. The smallest absolute Gasteiger partial charge is 0.327 e. The van der Waals surface area contributed by atoms with E-state index in [-0.39, 0.29) is 23.0 Å². The molecule has 2 N–H and O–H groups in total. The van der Waals surface area contributed by atoms with Crippen LogP contribution in [-0.2, 0) is 30.2 Å². The molecule has 0 heterocycles. The number of aliphatic carboxylic acids is 1. The number of carboxylic acid groups (broad SMARTS) is 1. The minimum absolute atomic E-state index is 0.0260. The van der Waals surface area contributed by atoms with E-state index >= 15 is 0 Å². The van der Waals surface area contributed by atoms with Gasteiger partial charge in [0.05, 0.1) is 11.5 Å². The molecular formula is C10H19NO6S2. The van der Waals surface area contributed by atoms with E-state index < -0.39 is 38.6 Å². The molecule has 0 aromatic rings. The average molecular weight is 313 g/mol. The van der Waals surface area contributed by atoms with Gasteiger partial charge in [0.25, 0.3) is 0 Å². The molecule has 0 saturated carbocycles. The Labute approximate surface area is 115 Å². The number of rotatable bonds is 9. The summed E-state index contributed by atoms with van der Waals surface area (Å²) in [6.45, 7) is 2.89. The average Bonchev–Trinajstić information content (AvgIpc) is 2.25. The number of carbonyl (C=O) groups is 2. The third-order valence-corrected chi connectivity index (χ3v) is 5.64. The summed E-state index contributed by atoms with van der Waals surface area (Å²) in [6.07, 6.45) is 0.485. The van der Waals surface area contributed by atoms with Crippen molar-refractivity contribution >= 4 is 32.5 Å². The van der Waals surface area contributed by atoms with Crippen molar-refractivity contribution in [3.63, 3.8) is 0 Å². The first-order valence-corrected chi connectivity index (χ1v) is 9.04. The zero-order valence-electron chi connectivity index (χ0n) is 10.9. The predicted molar refractivity (Wildman–Crippen MR) is 72.1 cm³/mol. The molecule has 0 saturated heterocycles. The molecule has 0 spiro atoms. The largest absolute Gasteiger partial charge is 0.480 e. The summed E-state index contributed by atoms with van der Waals surface area (Å²) in [4.78, 5) is 21.6. The lowest BCUT2D eigenvalue weighted by molar-refractivity contribution is -0.140. The first kappa shape index (κ1) is 18.0. The van der Waals surface area contributed by atoms with E-state index in [0.29, 0.717) is 6.42 Å². The molecule has 19 heavy (non-hydrogen) atoms. The van der Waals surface area contributed by atoms with Gasteiger partial charge in [-0.1, -0.05) is 6.92 Å². The molecule has 9 heteroatoms. The lowest BCUT2D eigenvalue weighted by Gasteiger charge is -2.12. The summed E-state index contributed by atoms with van der Waals surface area (Å²) in [5.41, 5.74) is 0. The molecule has 1 amide bonds. The number of sulfone groups is 1. The van der Waals surface area contributed by atoms with E-state index in [1.165, 1.54) is 0 Å². The molecule has 2 unspecified atom stereocenters. The van der Waals surface area contributed by atoms with E-state index in [9.17, 15) is 22.2 Å². The van der Waals surface area contributed by atoms with Gasteiger partial charge in [-0.05, 0) is 6.42 Å². The van der Waals surface area contributed by atoms with Crippen LogP contribution in [0.4, 0.5) is 0 Å². The third-order valence-electron chi connectivity index (χ3n) is 2.17. The maximum Gasteiger partial charge on any atom is 0.327 e. The van der Waals surface area contributed by atoms with Crippen molar-refractivity contribution in [2.24, 2.45) is 0 Å². The van der Waals surface area contributed by atoms with E-state index in [0.717, 1.165) is 6.92 Å². The Morgan fingerprint density at radius 2 is 1.89 bits per heavy atom. The maximum absolute atomic E-state index is 11.6. The number of hydrogen-bond acceptors (Lipinski definition) is 5. The Kier molecular flexibility index (Phi) is 7.84. The van der Waals surface area contributed by atoms with E-state index in [1.54, 1.807) is 6.92 Å². The molecule has 0 bridgehead atoms. The highest BCUT2D eigenvalue weighted by Gasteiger charge is 2.22. The Hall–Kier alpha value is -0.960. The molecular weight excluding hydrogens is 294 g/mol. The SMILES string of the molecule is CCCS(=O)(=O)CCS(=O)CC(NC(C)=O)C(=O)O. The lowest BCUT2D eigenvalue weighted by Crippen LogP contribution is -2.44. The molecule has 0 rings (SSSR count). The van der Waals surface area contributed by atoms with Crippen molar-refractivity contribution in [1.82, 2.24) is 5.32 Å². The Morgan fingerprint density at radius 1 is 1.32 bits per heavy atom. The van der Waals surface area contributed by atoms with Gasteiger partial charge >= 0.3 is 5.97 Å². The molecule has 0 aliphatic carbocycles. The van der Waals surface area contributed by atoms with Crippen LogP contribution < -0.4 is 5.32 Å². The topological polar surface area (TPSA) is 118 Å². The second-order valence-electron chi connectivity index (χ2n) is 4.05. The zero-order chi connectivity index (χ0) is 15.1. The zero-order valence-corrected chi connectivity index (χ0v) is 12.6. The Balaban J connectivity index is 4.36. The first-order chi connectivity index (χ1) is 8.68. The van der Waals surface area contributed by atoms with Crippen molar-refractivity contribution in [1.29, 1.82) is 0 Å². The molecule has 2 atom stereocenters. The van der Waals surface area contributed by atoms with Crippen LogP contribution in [0.1, 0.15) is 20.3 Å². The summed E-state index contributed by atoms with van der Waals surface area (Å²) < 4.78 is 34.4. The predicted octanol–water partition coefficient (Wildman–Crippen LogP) is -0.851. The van der Waals surface area contributed by atoms with Crippen LogP contribution in [0, 0.1) is 0 Å². The van der Waals surface area contributed by atoms with Crippen molar-refractivity contribution in [3.05, 3.63) is 0 Å². The standard InChI is InChI=1S/C10H19NO6S2/c1-3-5-19(16,17)6-4-18(15)7-9(10(13)14)11-8(2)12/h9H,3-7H2,1-2H3,(H,11,12)(H,13,14). The fourth-order valence-corrected chi connectivity index (χ4v) is 4.67. The summed E-state index contributed by atoms with van der Waals surface area (Å²) in [5.74, 6) is -2.46. The second kappa shape index (κ2) is 8.26. The number of carboxylic acids is 1. The number of carbonyl (C=O) groups excluding carboxylic acids is 1. The van der Waals surface area contributed by atoms with Gasteiger partial charge in [0.2, 0.25) is 5.91 Å². The normalized spacial score (nSPS) is 14.6. The fourth-order valence-electron chi connectivity index (χ4n) is 1.32. The number of amides is 1. The van der Waals surface area contributed by atoms with Crippen LogP contribution in [0.2, 0.25) is 0 Å². The van der Waals surface area contributed by atoms with Crippen LogP contribution >= 0.6 is 0 Å². The van der Waals surface area contributed by atoms with Gasteiger partial charge in [0, 0.05) is 29.2 Å². The van der Waals surface area contributed by atoms with Crippen molar-refractivity contribution < 1.29 is 27.3 Å². The lowest BCUT2D eigenvalue weighted by atomic mass is 10.3. The molecule has 0 aromatic carbocycles. The van der Waals surface area contributed by atoms with Crippen molar-refractivity contribution in [2.45, 2.75) is 26.3 Å². The molecule has 0 aliphatic heterocycles. The van der Waals surface area contributed by atoms with Gasteiger partial charge in [0.15, 0.2) is 9.84 Å². The van der Waals surface area contributed by atoms with Gasteiger partial charge in [0.1, 0.15) is 6.04 Å². The highest BCUT2D eigenvalue weighted by Crippen LogP contribution is 1.98. The Morgan fingerprint density at radius 3 is 2.32 bits per heavy atom. The van der Waals surface area contributed by atoms with Gasteiger partial charge in [-0.3, -0.25) is 9.00 Å². The summed E-state index contributed by atoms with van der Waals surface area (Å²) in [7, 11) is -4.85. The van der Waals surface area contributed by atoms with Crippen LogP contribution in [0.25, 0.3) is 0 Å². The molecule has 0 aromatic heterocycles. The monoisotopic (exact) mass is 313 g/mol. The third kappa shape index (κ3) is 8.71. The van der Waals surface area contributed by atoms with Gasteiger partial charge < -0.3 is 10.4 Å². The van der Waals surface area contributed by atoms with E-state index in [2.05, 4.69) is 5.32 Å². The second-order valence-corrected chi connectivity index (χ2v) is 7.98. The number of nitrogens with one attached hydrogen (secondary N) is 1. The van der Waals surface area contributed by atoms with Crippen molar-refractivity contribution in [2.75, 3.05) is 23.0 Å².